The van der Waals surface area contributed by atoms with Crippen LogP contribution in [0, 0.1) is 0 Å². The molecule has 1 aromatic heterocycles. The number of imidazole rings is 1. The van der Waals surface area contributed by atoms with Crippen LogP contribution in [0.1, 0.15) is 10.4 Å². The van der Waals surface area contributed by atoms with Gasteiger partial charge in [-0.3, -0.25) is 4.79 Å². The van der Waals surface area contributed by atoms with Gasteiger partial charge in [-0.25, -0.2) is 4.98 Å². The number of amides is 1. The molecule has 0 atom stereocenters. The Morgan fingerprint density at radius 1 is 1.19 bits per heavy atom. The van der Waals surface area contributed by atoms with Crippen LogP contribution >= 0.6 is 0 Å². The Hall–Kier alpha value is -3.06. The number of nitrogens with one attached hydrogen (secondary N) is 2. The van der Waals surface area contributed by atoms with E-state index < -0.39 is 0 Å². The molecule has 0 saturated carbocycles. The summed E-state index contributed by atoms with van der Waals surface area (Å²) in [6, 6.07) is 13.1. The third kappa shape index (κ3) is 3.48. The number of methoxy groups -OCH3 is 2. The van der Waals surface area contributed by atoms with E-state index in [2.05, 4.69) is 10.6 Å². The van der Waals surface area contributed by atoms with Crippen LogP contribution in [0.2, 0.25) is 0 Å². The summed E-state index contributed by atoms with van der Waals surface area (Å²) in [5.41, 5.74) is 3.08. The summed E-state index contributed by atoms with van der Waals surface area (Å²) in [5, 5.41) is 5.93. The number of hydrogen-bond donors (Lipinski definition) is 2. The SMILES string of the molecule is CNC(=O)c1cccc(Nc2nc3c(OC)cccc3n2CCOC)c1. The molecular formula is C19H22N4O3. The average Bonchev–Trinajstić information content (AvgIpc) is 3.02. The molecule has 0 unspecified atom stereocenters. The highest BCUT2D eigenvalue weighted by Gasteiger charge is 2.14. The van der Waals surface area contributed by atoms with E-state index in [9.17, 15) is 4.79 Å². The standard InChI is InChI=1S/C19H22N4O3/c1-20-18(24)13-6-4-7-14(12-13)21-19-22-17-15(23(19)10-11-25-2)8-5-9-16(17)26-3/h4-9,12H,10-11H2,1-3H3,(H,20,24)(H,21,22). The molecule has 0 aliphatic rings. The molecule has 0 spiro atoms. The summed E-state index contributed by atoms with van der Waals surface area (Å²) in [6.07, 6.45) is 0. The fraction of sp³-hybridized carbons (Fsp3) is 0.263. The second-order valence-electron chi connectivity index (χ2n) is 5.69. The first kappa shape index (κ1) is 17.8. The number of hydrogen-bond acceptors (Lipinski definition) is 5. The fourth-order valence-corrected chi connectivity index (χ4v) is 2.80. The minimum absolute atomic E-state index is 0.136. The number of aromatic nitrogens is 2. The third-order valence-electron chi connectivity index (χ3n) is 4.09. The van der Waals surface area contributed by atoms with E-state index in [-0.39, 0.29) is 5.91 Å². The molecule has 0 saturated heterocycles. The molecule has 7 nitrogen and oxygen atoms in total. The molecule has 2 aromatic carbocycles. The largest absolute Gasteiger partial charge is 0.494 e. The number of rotatable bonds is 7. The highest BCUT2D eigenvalue weighted by molar-refractivity contribution is 5.95. The van der Waals surface area contributed by atoms with Crippen molar-refractivity contribution < 1.29 is 14.3 Å². The summed E-state index contributed by atoms with van der Waals surface area (Å²) < 4.78 is 12.7. The van der Waals surface area contributed by atoms with Crippen molar-refractivity contribution in [1.82, 2.24) is 14.9 Å². The minimum atomic E-state index is -0.136. The lowest BCUT2D eigenvalue weighted by Gasteiger charge is -2.11. The smallest absolute Gasteiger partial charge is 0.251 e. The van der Waals surface area contributed by atoms with Gasteiger partial charge in [-0.1, -0.05) is 12.1 Å². The molecule has 3 rings (SSSR count). The normalized spacial score (nSPS) is 10.7. The molecule has 0 radical (unpaired) electrons. The molecule has 1 amide bonds. The molecule has 0 bridgehead atoms. The van der Waals surface area contributed by atoms with Crippen LogP contribution < -0.4 is 15.4 Å². The van der Waals surface area contributed by atoms with E-state index in [4.69, 9.17) is 14.5 Å². The van der Waals surface area contributed by atoms with Gasteiger partial charge in [-0.05, 0) is 30.3 Å². The molecule has 26 heavy (non-hydrogen) atoms. The lowest BCUT2D eigenvalue weighted by atomic mass is 10.2. The van der Waals surface area contributed by atoms with E-state index in [1.54, 1.807) is 33.4 Å². The van der Waals surface area contributed by atoms with Gasteiger partial charge in [0.05, 0.1) is 19.2 Å². The zero-order valence-electron chi connectivity index (χ0n) is 15.1. The average molecular weight is 354 g/mol. The van der Waals surface area contributed by atoms with Crippen molar-refractivity contribution in [2.24, 2.45) is 0 Å². The Kier molecular flexibility index (Phi) is 5.38. The number of para-hydroxylation sites is 1. The number of fused-ring (bicyclic) bond motifs is 1. The van der Waals surface area contributed by atoms with Crippen molar-refractivity contribution in [2.45, 2.75) is 6.54 Å². The Bertz CT molecular complexity index is 920. The van der Waals surface area contributed by atoms with Gasteiger partial charge in [0.15, 0.2) is 0 Å². The zero-order valence-corrected chi connectivity index (χ0v) is 15.1. The lowest BCUT2D eigenvalue weighted by molar-refractivity contribution is 0.0963. The number of ether oxygens (including phenoxy) is 2. The maximum atomic E-state index is 11.9. The van der Waals surface area contributed by atoms with Gasteiger partial charge in [-0.15, -0.1) is 0 Å². The quantitative estimate of drug-likeness (QED) is 0.682. The highest BCUT2D eigenvalue weighted by atomic mass is 16.5. The molecule has 136 valence electrons. The molecule has 0 fully saturated rings. The van der Waals surface area contributed by atoms with Crippen LogP contribution in [0.25, 0.3) is 11.0 Å². The number of anilines is 2. The zero-order chi connectivity index (χ0) is 18.5. The Morgan fingerprint density at radius 2 is 2.00 bits per heavy atom. The topological polar surface area (TPSA) is 77.4 Å². The van der Waals surface area contributed by atoms with Gasteiger partial charge in [0.2, 0.25) is 5.95 Å². The van der Waals surface area contributed by atoms with Gasteiger partial charge in [0.1, 0.15) is 11.3 Å². The summed E-state index contributed by atoms with van der Waals surface area (Å²) in [7, 11) is 4.90. The first-order valence-corrected chi connectivity index (χ1v) is 8.29. The van der Waals surface area contributed by atoms with Crippen LogP contribution in [0.5, 0.6) is 5.75 Å². The first-order valence-electron chi connectivity index (χ1n) is 8.29. The highest BCUT2D eigenvalue weighted by Crippen LogP contribution is 2.29. The van der Waals surface area contributed by atoms with E-state index >= 15 is 0 Å². The lowest BCUT2D eigenvalue weighted by Crippen LogP contribution is -2.17. The molecule has 1 heterocycles. The van der Waals surface area contributed by atoms with Crippen LogP contribution in [-0.4, -0.2) is 43.3 Å². The Balaban J connectivity index is 2.02. The predicted molar refractivity (Wildman–Crippen MR) is 101 cm³/mol. The van der Waals surface area contributed by atoms with Crippen LogP contribution in [-0.2, 0) is 11.3 Å². The Morgan fingerprint density at radius 3 is 2.73 bits per heavy atom. The predicted octanol–water partition coefficient (Wildman–Crippen LogP) is 2.79. The molecule has 0 aliphatic heterocycles. The summed E-state index contributed by atoms with van der Waals surface area (Å²) in [4.78, 5) is 16.6. The maximum absolute atomic E-state index is 11.9. The third-order valence-corrected chi connectivity index (χ3v) is 4.09. The molecule has 0 aliphatic carbocycles. The van der Waals surface area contributed by atoms with Crippen molar-refractivity contribution in [3.63, 3.8) is 0 Å². The molecule has 7 heteroatoms. The van der Waals surface area contributed by atoms with Crippen molar-refractivity contribution in [3.8, 4) is 5.75 Å². The van der Waals surface area contributed by atoms with Crippen molar-refractivity contribution in [2.75, 3.05) is 33.2 Å². The molecule has 2 N–H and O–H groups in total. The Labute approximate surface area is 151 Å². The van der Waals surface area contributed by atoms with Crippen molar-refractivity contribution in [3.05, 3.63) is 48.0 Å². The van der Waals surface area contributed by atoms with E-state index in [0.717, 1.165) is 16.7 Å². The van der Waals surface area contributed by atoms with E-state index in [1.165, 1.54) is 0 Å². The van der Waals surface area contributed by atoms with Crippen molar-refractivity contribution >= 4 is 28.6 Å². The number of carbonyl (C=O) groups is 1. The number of carbonyl (C=O) groups excluding carboxylic acids is 1. The molecule has 3 aromatic rings. The van der Waals surface area contributed by atoms with Gasteiger partial charge in [0, 0.05) is 32.0 Å². The minimum Gasteiger partial charge on any atom is -0.494 e. The second-order valence-corrected chi connectivity index (χ2v) is 5.69. The van der Waals surface area contributed by atoms with Crippen molar-refractivity contribution in [1.29, 1.82) is 0 Å². The van der Waals surface area contributed by atoms with E-state index in [0.29, 0.717) is 30.4 Å². The fourth-order valence-electron chi connectivity index (χ4n) is 2.80. The van der Waals surface area contributed by atoms with Gasteiger partial charge in [0.25, 0.3) is 5.91 Å². The van der Waals surface area contributed by atoms with Gasteiger partial charge >= 0.3 is 0 Å². The van der Waals surface area contributed by atoms with Crippen LogP contribution in [0.3, 0.4) is 0 Å². The van der Waals surface area contributed by atoms with Gasteiger partial charge in [-0.2, -0.15) is 0 Å². The maximum Gasteiger partial charge on any atom is 0.251 e. The monoisotopic (exact) mass is 354 g/mol. The van der Waals surface area contributed by atoms with Crippen LogP contribution in [0.4, 0.5) is 11.6 Å². The van der Waals surface area contributed by atoms with Gasteiger partial charge < -0.3 is 24.7 Å². The second kappa shape index (κ2) is 7.88. The number of benzene rings is 2. The summed E-state index contributed by atoms with van der Waals surface area (Å²) in [6.45, 7) is 1.19. The van der Waals surface area contributed by atoms with E-state index in [1.807, 2.05) is 34.9 Å². The molecular weight excluding hydrogens is 332 g/mol. The summed E-state index contributed by atoms with van der Waals surface area (Å²) in [5.74, 6) is 1.24. The number of nitrogens with zero attached hydrogens (tertiary/aromatic N) is 2. The first-order chi connectivity index (χ1) is 12.7. The van der Waals surface area contributed by atoms with Crippen LogP contribution in [0.15, 0.2) is 42.5 Å². The summed E-state index contributed by atoms with van der Waals surface area (Å²) >= 11 is 0.